The molecular formula is C20H6Br4Cl2O5. The summed E-state index contributed by atoms with van der Waals surface area (Å²) in [5.41, 5.74) is -0.118. The van der Waals surface area contributed by atoms with Crippen LogP contribution in [0.1, 0.15) is 27.0 Å². The highest BCUT2D eigenvalue weighted by Crippen LogP contribution is 2.66. The number of ether oxygens (including phenoxy) is 2. The van der Waals surface area contributed by atoms with Crippen LogP contribution in [0.5, 0.6) is 23.0 Å². The lowest BCUT2D eigenvalue weighted by molar-refractivity contribution is 0.0221. The molecule has 0 amide bonds. The second-order valence-electron chi connectivity index (χ2n) is 6.71. The molecule has 5 nitrogen and oxygen atoms in total. The van der Waals surface area contributed by atoms with Crippen LogP contribution in [-0.4, -0.2) is 16.2 Å². The number of hydrogen-bond acceptors (Lipinski definition) is 5. The van der Waals surface area contributed by atoms with Gasteiger partial charge in [0, 0.05) is 10.0 Å². The zero-order valence-electron chi connectivity index (χ0n) is 14.7. The molecule has 0 bridgehead atoms. The number of rotatable bonds is 0. The van der Waals surface area contributed by atoms with Gasteiger partial charge in [-0.3, -0.25) is 0 Å². The van der Waals surface area contributed by atoms with Crippen LogP contribution in [0.4, 0.5) is 0 Å². The van der Waals surface area contributed by atoms with E-state index in [1.165, 1.54) is 0 Å². The molecule has 2 aliphatic rings. The molecule has 0 fully saturated rings. The minimum absolute atomic E-state index is 0.0419. The third-order valence-corrected chi connectivity index (χ3v) is 9.60. The molecule has 0 saturated heterocycles. The maximum atomic E-state index is 13.0. The molecule has 11 heteroatoms. The van der Waals surface area contributed by atoms with E-state index in [1.54, 1.807) is 24.3 Å². The number of carbonyl (C=O) groups is 1. The van der Waals surface area contributed by atoms with Gasteiger partial charge >= 0.3 is 5.97 Å². The van der Waals surface area contributed by atoms with Crippen molar-refractivity contribution >= 4 is 92.9 Å². The van der Waals surface area contributed by atoms with Crippen LogP contribution in [-0.2, 0) is 10.3 Å². The first kappa shape index (κ1) is 21.9. The van der Waals surface area contributed by atoms with Gasteiger partial charge in [-0.1, -0.05) is 41.4 Å². The van der Waals surface area contributed by atoms with E-state index in [2.05, 4.69) is 63.7 Å². The third kappa shape index (κ3) is 2.68. The number of benzene rings is 3. The maximum absolute atomic E-state index is 13.0. The number of carbonyl (C=O) groups excluding carboxylic acids is 1. The van der Waals surface area contributed by atoms with Crippen molar-refractivity contribution in [1.29, 1.82) is 0 Å². The maximum Gasteiger partial charge on any atom is 0.340 e. The van der Waals surface area contributed by atoms with Crippen molar-refractivity contribution < 1.29 is 24.5 Å². The van der Waals surface area contributed by atoms with Gasteiger partial charge in [-0.05, 0) is 69.8 Å². The van der Waals surface area contributed by atoms with E-state index in [1.807, 2.05) is 0 Å². The molecule has 2 heterocycles. The molecule has 2 aliphatic heterocycles. The summed E-state index contributed by atoms with van der Waals surface area (Å²) in [7, 11) is 0. The van der Waals surface area contributed by atoms with Gasteiger partial charge in [-0.25, -0.2) is 4.79 Å². The van der Waals surface area contributed by atoms with Crippen LogP contribution in [0, 0.1) is 0 Å². The predicted octanol–water partition coefficient (Wildman–Crippen LogP) is 8.02. The highest BCUT2D eigenvalue weighted by Gasteiger charge is 2.57. The molecule has 1 atom stereocenters. The Kier molecular flexibility index (Phi) is 5.12. The highest BCUT2D eigenvalue weighted by molar-refractivity contribution is 9.13. The van der Waals surface area contributed by atoms with Crippen molar-refractivity contribution in [3.8, 4) is 23.0 Å². The number of hydrogen-bond donors (Lipinski definition) is 2. The molecule has 5 rings (SSSR count). The molecular weight excluding hydrogens is 711 g/mol. The van der Waals surface area contributed by atoms with Gasteiger partial charge in [-0.2, -0.15) is 0 Å². The Morgan fingerprint density at radius 1 is 0.806 bits per heavy atom. The van der Waals surface area contributed by atoms with E-state index in [9.17, 15) is 15.0 Å². The van der Waals surface area contributed by atoms with Crippen molar-refractivity contribution in [2.45, 2.75) is 5.60 Å². The number of fused-ring (bicyclic) bond motifs is 6. The van der Waals surface area contributed by atoms with Gasteiger partial charge in [0.05, 0.1) is 26.2 Å². The average molecular weight is 717 g/mol. The molecule has 31 heavy (non-hydrogen) atoms. The zero-order chi connectivity index (χ0) is 22.4. The fraction of sp³-hybridized carbons (Fsp3) is 0.0500. The van der Waals surface area contributed by atoms with E-state index in [0.29, 0.717) is 25.6 Å². The minimum atomic E-state index is -1.58. The summed E-state index contributed by atoms with van der Waals surface area (Å²) in [5.74, 6) is -0.778. The first-order chi connectivity index (χ1) is 14.6. The zero-order valence-corrected chi connectivity index (χ0v) is 22.6. The first-order valence-corrected chi connectivity index (χ1v) is 12.4. The van der Waals surface area contributed by atoms with E-state index < -0.39 is 11.6 Å². The molecule has 1 unspecified atom stereocenters. The number of halogens is 6. The van der Waals surface area contributed by atoms with Crippen LogP contribution in [0.3, 0.4) is 0 Å². The van der Waals surface area contributed by atoms with Crippen LogP contribution in [0.25, 0.3) is 0 Å². The largest absolute Gasteiger partial charge is 0.505 e. The second-order valence-corrected chi connectivity index (χ2v) is 10.6. The molecule has 0 radical (unpaired) electrons. The Morgan fingerprint density at radius 3 is 2.13 bits per heavy atom. The standard InChI is InChI=1S/C20H6Br4Cl2O5/c21-9-7-17(11(23)15(27)10(9)22)30-18-8(13(25)14(26)16(28)12(18)24)20(7)6-4-2-1-3-5(6)19(29)31-20/h1-4,27-28H. The third-order valence-electron chi connectivity index (χ3n) is 5.19. The summed E-state index contributed by atoms with van der Waals surface area (Å²) in [4.78, 5) is 13.0. The predicted molar refractivity (Wildman–Crippen MR) is 129 cm³/mol. The van der Waals surface area contributed by atoms with Crippen molar-refractivity contribution in [3.05, 3.63) is 74.5 Å². The lowest BCUT2D eigenvalue weighted by Crippen LogP contribution is -2.34. The molecule has 158 valence electrons. The molecule has 0 aliphatic carbocycles. The fourth-order valence-corrected chi connectivity index (χ4v) is 6.77. The summed E-state index contributed by atoms with van der Waals surface area (Å²) >= 11 is 26.5. The molecule has 0 saturated carbocycles. The monoisotopic (exact) mass is 712 g/mol. The van der Waals surface area contributed by atoms with Crippen molar-refractivity contribution in [2.24, 2.45) is 0 Å². The van der Waals surface area contributed by atoms with Crippen molar-refractivity contribution in [2.75, 3.05) is 0 Å². The van der Waals surface area contributed by atoms with E-state index in [0.717, 1.165) is 0 Å². The van der Waals surface area contributed by atoms with Crippen LogP contribution in [0.15, 0.2) is 42.2 Å². The molecule has 2 N–H and O–H groups in total. The molecule has 1 spiro atoms. The lowest BCUT2D eigenvalue weighted by atomic mass is 9.77. The fourth-order valence-electron chi connectivity index (χ4n) is 3.89. The minimum Gasteiger partial charge on any atom is -0.505 e. The van der Waals surface area contributed by atoms with Gasteiger partial charge in [0.15, 0.2) is 22.8 Å². The number of esters is 1. The smallest absolute Gasteiger partial charge is 0.340 e. The number of phenolic OH excluding ortho intramolecular Hbond substituents is 2. The Balaban J connectivity index is 2.06. The first-order valence-electron chi connectivity index (χ1n) is 8.43. The summed E-state index contributed by atoms with van der Waals surface area (Å²) in [6, 6.07) is 6.87. The quantitative estimate of drug-likeness (QED) is 0.182. The van der Waals surface area contributed by atoms with Crippen LogP contribution in [0.2, 0.25) is 10.0 Å². The second kappa shape index (κ2) is 7.27. The van der Waals surface area contributed by atoms with Gasteiger partial charge < -0.3 is 19.7 Å². The Hall–Kier alpha value is -0.970. The molecule has 3 aromatic rings. The van der Waals surface area contributed by atoms with Gasteiger partial charge in [-0.15, -0.1) is 0 Å². The Morgan fingerprint density at radius 2 is 1.42 bits per heavy atom. The van der Waals surface area contributed by atoms with E-state index in [-0.39, 0.29) is 47.6 Å². The Bertz CT molecular complexity index is 1290. The normalized spacial score (nSPS) is 18.3. The van der Waals surface area contributed by atoms with E-state index in [4.69, 9.17) is 32.7 Å². The van der Waals surface area contributed by atoms with Crippen LogP contribution < -0.4 is 4.74 Å². The lowest BCUT2D eigenvalue weighted by Gasteiger charge is -2.39. The van der Waals surface area contributed by atoms with Crippen LogP contribution >= 0.6 is 86.9 Å². The number of aromatic hydroxyl groups is 2. The van der Waals surface area contributed by atoms with Crippen molar-refractivity contribution in [1.82, 2.24) is 0 Å². The summed E-state index contributed by atoms with van der Waals surface area (Å²) in [5, 5.41) is 20.9. The van der Waals surface area contributed by atoms with Gasteiger partial charge in [0.2, 0.25) is 0 Å². The number of phenols is 2. The van der Waals surface area contributed by atoms with Crippen molar-refractivity contribution in [3.63, 3.8) is 0 Å². The summed E-state index contributed by atoms with van der Waals surface area (Å²) in [6.07, 6.45) is 0. The SMILES string of the molecule is O=C1OC2(c3ccccc31)c1c(Cl)c(Cl)c(O)c(Br)c1Oc1c(Br)c(O)c(Br)c(Br)c12. The topological polar surface area (TPSA) is 76.0 Å². The summed E-state index contributed by atoms with van der Waals surface area (Å²) < 4.78 is 13.2. The van der Waals surface area contributed by atoms with Gasteiger partial charge in [0.25, 0.3) is 0 Å². The molecule has 0 aromatic heterocycles. The highest BCUT2D eigenvalue weighted by atomic mass is 79.9. The summed E-state index contributed by atoms with van der Waals surface area (Å²) in [6.45, 7) is 0. The average Bonchev–Trinajstić information content (AvgIpc) is 3.05. The molecule has 3 aromatic carbocycles. The van der Waals surface area contributed by atoms with Gasteiger partial charge in [0.1, 0.15) is 19.7 Å². The van der Waals surface area contributed by atoms with E-state index >= 15 is 0 Å². The Labute approximate surface area is 218 Å².